The Hall–Kier alpha value is -1.32. The highest BCUT2D eigenvalue weighted by atomic mass is 16.5. The van der Waals surface area contributed by atoms with Crippen molar-refractivity contribution < 1.29 is 14.3 Å². The van der Waals surface area contributed by atoms with E-state index in [-0.39, 0.29) is 5.78 Å². The molecular weight excluding hydrogens is 134 g/mol. The summed E-state index contributed by atoms with van der Waals surface area (Å²) in [5.41, 5.74) is 4.83. The van der Waals surface area contributed by atoms with Crippen LogP contribution in [0.3, 0.4) is 0 Å². The fourth-order valence-corrected chi connectivity index (χ4v) is 0.752. The van der Waals surface area contributed by atoms with Crippen molar-refractivity contribution in [2.24, 2.45) is 5.73 Å². The molecule has 1 aliphatic heterocycles. The SMILES string of the molecule is CC1=CC(=O)C(C(N)=O)O1. The molecule has 0 aromatic heterocycles. The summed E-state index contributed by atoms with van der Waals surface area (Å²) in [6.45, 7) is 1.60. The lowest BCUT2D eigenvalue weighted by atomic mass is 10.2. The van der Waals surface area contributed by atoms with Gasteiger partial charge in [0.05, 0.1) is 5.76 Å². The van der Waals surface area contributed by atoms with Gasteiger partial charge in [-0.3, -0.25) is 9.59 Å². The Kier molecular flexibility index (Phi) is 1.45. The van der Waals surface area contributed by atoms with Crippen molar-refractivity contribution >= 4 is 11.7 Å². The highest BCUT2D eigenvalue weighted by molar-refractivity contribution is 6.10. The molecule has 0 aromatic rings. The van der Waals surface area contributed by atoms with E-state index in [0.29, 0.717) is 5.76 Å². The van der Waals surface area contributed by atoms with Crippen LogP contribution in [0.1, 0.15) is 6.92 Å². The third kappa shape index (κ3) is 1.00. The van der Waals surface area contributed by atoms with Gasteiger partial charge in [0.2, 0.25) is 11.9 Å². The summed E-state index contributed by atoms with van der Waals surface area (Å²) in [6, 6.07) is 0. The average Bonchev–Trinajstić information content (AvgIpc) is 2.10. The van der Waals surface area contributed by atoms with Crippen LogP contribution in [0, 0.1) is 0 Å². The van der Waals surface area contributed by atoms with E-state index in [1.165, 1.54) is 6.08 Å². The molecule has 0 fully saturated rings. The van der Waals surface area contributed by atoms with E-state index in [2.05, 4.69) is 0 Å². The van der Waals surface area contributed by atoms with Crippen LogP contribution in [0.15, 0.2) is 11.8 Å². The van der Waals surface area contributed by atoms with E-state index in [0.717, 1.165) is 0 Å². The molecule has 1 amide bonds. The van der Waals surface area contributed by atoms with Gasteiger partial charge in [0.15, 0.2) is 0 Å². The quantitative estimate of drug-likeness (QED) is 0.493. The summed E-state index contributed by atoms with van der Waals surface area (Å²) in [4.78, 5) is 21.1. The van der Waals surface area contributed by atoms with Crippen molar-refractivity contribution in [1.29, 1.82) is 0 Å². The Morgan fingerprint density at radius 1 is 1.80 bits per heavy atom. The maximum absolute atomic E-state index is 10.7. The summed E-state index contributed by atoms with van der Waals surface area (Å²) >= 11 is 0. The van der Waals surface area contributed by atoms with Crippen LogP contribution in [-0.4, -0.2) is 17.8 Å². The smallest absolute Gasteiger partial charge is 0.266 e. The molecule has 1 atom stereocenters. The molecule has 4 nitrogen and oxygen atoms in total. The van der Waals surface area contributed by atoms with E-state index in [4.69, 9.17) is 10.5 Å². The van der Waals surface area contributed by atoms with Gasteiger partial charge < -0.3 is 10.5 Å². The lowest BCUT2D eigenvalue weighted by Gasteiger charge is -2.03. The van der Waals surface area contributed by atoms with E-state index >= 15 is 0 Å². The molecule has 0 spiro atoms. The van der Waals surface area contributed by atoms with Crippen LogP contribution in [0.5, 0.6) is 0 Å². The zero-order chi connectivity index (χ0) is 7.72. The van der Waals surface area contributed by atoms with Crippen LogP contribution >= 0.6 is 0 Å². The minimum absolute atomic E-state index is 0.370. The van der Waals surface area contributed by atoms with E-state index in [9.17, 15) is 9.59 Å². The first-order valence-electron chi connectivity index (χ1n) is 2.79. The van der Waals surface area contributed by atoms with Gasteiger partial charge >= 0.3 is 0 Å². The molecule has 0 aliphatic carbocycles. The number of hydrogen-bond acceptors (Lipinski definition) is 3. The van der Waals surface area contributed by atoms with Gasteiger partial charge in [0.1, 0.15) is 0 Å². The Labute approximate surface area is 57.6 Å². The predicted octanol–water partition coefficient (Wildman–Crippen LogP) is -0.657. The first-order chi connectivity index (χ1) is 4.61. The van der Waals surface area contributed by atoms with Crippen molar-refractivity contribution in [3.8, 4) is 0 Å². The number of carbonyl (C=O) groups is 2. The lowest BCUT2D eigenvalue weighted by Crippen LogP contribution is -2.33. The van der Waals surface area contributed by atoms with Gasteiger partial charge in [-0.25, -0.2) is 0 Å². The number of carbonyl (C=O) groups excluding carboxylic acids is 2. The molecule has 1 aliphatic rings. The number of primary amides is 1. The second-order valence-electron chi connectivity index (χ2n) is 2.06. The van der Waals surface area contributed by atoms with Crippen LogP contribution in [0.4, 0.5) is 0 Å². The summed E-state index contributed by atoms with van der Waals surface area (Å²) < 4.78 is 4.77. The number of amides is 1. The maximum Gasteiger partial charge on any atom is 0.266 e. The van der Waals surface area contributed by atoms with E-state index in [1.54, 1.807) is 6.92 Å². The predicted molar refractivity (Wildman–Crippen MR) is 32.8 cm³/mol. The molecule has 4 heteroatoms. The molecule has 1 heterocycles. The number of nitrogens with two attached hydrogens (primary N) is 1. The standard InChI is InChI=1S/C6H7NO3/c1-3-2-4(8)5(10-3)6(7)9/h2,5H,1H3,(H2,7,9). The minimum Gasteiger partial charge on any atom is -0.477 e. The molecule has 1 rings (SSSR count). The fraction of sp³-hybridized carbons (Fsp3) is 0.333. The van der Waals surface area contributed by atoms with E-state index in [1.807, 2.05) is 0 Å². The maximum atomic E-state index is 10.7. The summed E-state index contributed by atoms with van der Waals surface area (Å²) in [5.74, 6) is -0.670. The minimum atomic E-state index is -1.08. The summed E-state index contributed by atoms with van der Waals surface area (Å²) in [7, 11) is 0. The molecule has 0 saturated heterocycles. The molecule has 54 valence electrons. The molecule has 0 aromatic carbocycles. The van der Waals surface area contributed by atoms with E-state index < -0.39 is 12.0 Å². The largest absolute Gasteiger partial charge is 0.477 e. The average molecular weight is 141 g/mol. The Bertz CT molecular complexity index is 219. The second-order valence-corrected chi connectivity index (χ2v) is 2.06. The normalized spacial score (nSPS) is 23.9. The van der Waals surface area contributed by atoms with Crippen LogP contribution < -0.4 is 5.73 Å². The van der Waals surface area contributed by atoms with Crippen molar-refractivity contribution in [3.63, 3.8) is 0 Å². The number of rotatable bonds is 1. The van der Waals surface area contributed by atoms with Crippen molar-refractivity contribution in [3.05, 3.63) is 11.8 Å². The summed E-state index contributed by atoms with van der Waals surface area (Å²) in [6.07, 6.45) is 0.176. The third-order valence-corrected chi connectivity index (χ3v) is 1.17. The number of allylic oxidation sites excluding steroid dienone is 1. The van der Waals surface area contributed by atoms with Crippen molar-refractivity contribution in [2.75, 3.05) is 0 Å². The third-order valence-electron chi connectivity index (χ3n) is 1.17. The second kappa shape index (κ2) is 2.13. The Morgan fingerprint density at radius 3 is 2.60 bits per heavy atom. The molecule has 0 bridgehead atoms. The van der Waals surface area contributed by atoms with Crippen molar-refractivity contribution in [1.82, 2.24) is 0 Å². The molecule has 0 radical (unpaired) electrons. The summed E-state index contributed by atoms with van der Waals surface area (Å²) in [5, 5.41) is 0. The first-order valence-corrected chi connectivity index (χ1v) is 2.79. The van der Waals surface area contributed by atoms with Gasteiger partial charge in [-0.05, 0) is 6.92 Å². The Morgan fingerprint density at radius 2 is 2.40 bits per heavy atom. The van der Waals surface area contributed by atoms with Gasteiger partial charge in [-0.15, -0.1) is 0 Å². The van der Waals surface area contributed by atoms with Crippen LogP contribution in [0.25, 0.3) is 0 Å². The molecule has 2 N–H and O–H groups in total. The molecule has 10 heavy (non-hydrogen) atoms. The molecular formula is C6H7NO3. The highest BCUT2D eigenvalue weighted by Crippen LogP contribution is 2.11. The number of ketones is 1. The molecule has 0 saturated carbocycles. The topological polar surface area (TPSA) is 69.4 Å². The van der Waals surface area contributed by atoms with Crippen molar-refractivity contribution in [2.45, 2.75) is 13.0 Å². The first kappa shape index (κ1) is 6.80. The zero-order valence-corrected chi connectivity index (χ0v) is 5.46. The fourth-order valence-electron chi connectivity index (χ4n) is 0.752. The monoisotopic (exact) mass is 141 g/mol. The number of ether oxygens (including phenoxy) is 1. The highest BCUT2D eigenvalue weighted by Gasteiger charge is 2.29. The lowest BCUT2D eigenvalue weighted by molar-refractivity contribution is -0.134. The van der Waals surface area contributed by atoms with Crippen LogP contribution in [-0.2, 0) is 14.3 Å². The van der Waals surface area contributed by atoms with Gasteiger partial charge in [0, 0.05) is 6.08 Å². The van der Waals surface area contributed by atoms with Gasteiger partial charge in [0.25, 0.3) is 5.91 Å². The number of hydrogen-bond donors (Lipinski definition) is 1. The van der Waals surface area contributed by atoms with Gasteiger partial charge in [-0.1, -0.05) is 0 Å². The van der Waals surface area contributed by atoms with Gasteiger partial charge in [-0.2, -0.15) is 0 Å². The Balaban J connectivity index is 2.73. The van der Waals surface area contributed by atoms with Crippen LogP contribution in [0.2, 0.25) is 0 Å². The zero-order valence-electron chi connectivity index (χ0n) is 5.46. The molecule has 1 unspecified atom stereocenters.